The van der Waals surface area contributed by atoms with Gasteiger partial charge in [-0.2, -0.15) is 4.68 Å². The van der Waals surface area contributed by atoms with Crippen molar-refractivity contribution in [3.05, 3.63) is 40.4 Å². The van der Waals surface area contributed by atoms with Gasteiger partial charge >= 0.3 is 0 Å². The van der Waals surface area contributed by atoms with Gasteiger partial charge in [0.05, 0.1) is 10.9 Å². The summed E-state index contributed by atoms with van der Waals surface area (Å²) in [4.78, 5) is 16.8. The number of rotatable bonds is 1. The SMILES string of the molecule is CC(C)[C@@H]1OC=Nn2c1nc1ccccc1c2=O. The summed E-state index contributed by atoms with van der Waals surface area (Å²) >= 11 is 0. The Bertz CT molecular complexity index is 688. The van der Waals surface area contributed by atoms with Gasteiger partial charge in [0.25, 0.3) is 5.56 Å². The molecule has 0 saturated carbocycles. The first-order valence-electron chi connectivity index (χ1n) is 5.88. The van der Waals surface area contributed by atoms with Crippen molar-refractivity contribution in [3.8, 4) is 0 Å². The van der Waals surface area contributed by atoms with Crippen LogP contribution in [0.3, 0.4) is 0 Å². The molecule has 1 aliphatic heterocycles. The zero-order valence-electron chi connectivity index (χ0n) is 10.2. The Hall–Kier alpha value is -2.17. The van der Waals surface area contributed by atoms with E-state index in [4.69, 9.17) is 4.74 Å². The van der Waals surface area contributed by atoms with Crippen LogP contribution in [0.15, 0.2) is 34.2 Å². The summed E-state index contributed by atoms with van der Waals surface area (Å²) in [7, 11) is 0. The zero-order valence-corrected chi connectivity index (χ0v) is 10.2. The van der Waals surface area contributed by atoms with Crippen LogP contribution in [0.2, 0.25) is 0 Å². The van der Waals surface area contributed by atoms with E-state index in [1.54, 1.807) is 6.07 Å². The van der Waals surface area contributed by atoms with E-state index in [0.717, 1.165) is 0 Å². The summed E-state index contributed by atoms with van der Waals surface area (Å²) in [6.07, 6.45) is 1.08. The summed E-state index contributed by atoms with van der Waals surface area (Å²) < 4.78 is 6.79. The van der Waals surface area contributed by atoms with Crippen LogP contribution in [-0.2, 0) is 4.74 Å². The Morgan fingerprint density at radius 1 is 1.33 bits per heavy atom. The number of nitrogens with zero attached hydrogens (tertiary/aromatic N) is 3. The van der Waals surface area contributed by atoms with Crippen molar-refractivity contribution in [1.82, 2.24) is 9.66 Å². The molecule has 1 aliphatic rings. The Labute approximate surface area is 104 Å². The van der Waals surface area contributed by atoms with Gasteiger partial charge in [-0.1, -0.05) is 26.0 Å². The molecule has 0 fully saturated rings. The molecule has 0 saturated heterocycles. The molecule has 5 heteroatoms. The van der Waals surface area contributed by atoms with Crippen LogP contribution in [-0.4, -0.2) is 16.1 Å². The summed E-state index contributed by atoms with van der Waals surface area (Å²) in [5.74, 6) is 0.785. The van der Waals surface area contributed by atoms with E-state index in [1.807, 2.05) is 32.0 Å². The van der Waals surface area contributed by atoms with E-state index < -0.39 is 0 Å². The number of hydrogen-bond donors (Lipinski definition) is 0. The summed E-state index contributed by atoms with van der Waals surface area (Å²) in [6.45, 7) is 4.05. The molecule has 2 aromatic rings. The van der Waals surface area contributed by atoms with Crippen molar-refractivity contribution >= 4 is 17.3 Å². The van der Waals surface area contributed by atoms with Gasteiger partial charge in [0.15, 0.2) is 18.3 Å². The molecular weight excluding hydrogens is 230 g/mol. The maximum Gasteiger partial charge on any atom is 0.282 e. The number of para-hydroxylation sites is 1. The van der Waals surface area contributed by atoms with Crippen molar-refractivity contribution in [2.75, 3.05) is 0 Å². The first-order valence-corrected chi connectivity index (χ1v) is 5.88. The lowest BCUT2D eigenvalue weighted by Crippen LogP contribution is -2.30. The third-order valence-electron chi connectivity index (χ3n) is 3.01. The predicted molar refractivity (Wildman–Crippen MR) is 68.6 cm³/mol. The molecule has 0 unspecified atom stereocenters. The lowest BCUT2D eigenvalue weighted by molar-refractivity contribution is 0.124. The van der Waals surface area contributed by atoms with Gasteiger partial charge in [-0.3, -0.25) is 4.79 Å². The Morgan fingerprint density at radius 2 is 2.11 bits per heavy atom. The maximum atomic E-state index is 12.3. The van der Waals surface area contributed by atoms with Gasteiger partial charge in [0.2, 0.25) is 0 Å². The van der Waals surface area contributed by atoms with Gasteiger partial charge in [-0.15, -0.1) is 5.10 Å². The van der Waals surface area contributed by atoms with Crippen LogP contribution in [0, 0.1) is 5.92 Å². The second-order valence-corrected chi connectivity index (χ2v) is 4.63. The van der Waals surface area contributed by atoms with Crippen LogP contribution >= 0.6 is 0 Å². The Morgan fingerprint density at radius 3 is 2.89 bits per heavy atom. The fourth-order valence-electron chi connectivity index (χ4n) is 2.09. The molecule has 2 heterocycles. The van der Waals surface area contributed by atoms with Gasteiger partial charge in [0.1, 0.15) is 0 Å². The minimum Gasteiger partial charge on any atom is -0.470 e. The third-order valence-corrected chi connectivity index (χ3v) is 3.01. The van der Waals surface area contributed by atoms with Crippen molar-refractivity contribution in [2.24, 2.45) is 11.0 Å². The fraction of sp³-hybridized carbons (Fsp3) is 0.308. The highest BCUT2D eigenvalue weighted by Crippen LogP contribution is 2.26. The Balaban J connectivity index is 2.35. The highest BCUT2D eigenvalue weighted by atomic mass is 16.5. The van der Waals surface area contributed by atoms with E-state index in [9.17, 15) is 4.79 Å². The number of ether oxygens (including phenoxy) is 1. The normalized spacial score (nSPS) is 17.8. The fourth-order valence-corrected chi connectivity index (χ4v) is 2.09. The van der Waals surface area contributed by atoms with Crippen molar-refractivity contribution < 1.29 is 4.74 Å². The molecule has 3 rings (SSSR count). The van der Waals surface area contributed by atoms with Crippen LogP contribution < -0.4 is 5.56 Å². The van der Waals surface area contributed by atoms with Gasteiger partial charge < -0.3 is 4.74 Å². The second-order valence-electron chi connectivity index (χ2n) is 4.63. The van der Waals surface area contributed by atoms with E-state index in [1.165, 1.54) is 11.1 Å². The lowest BCUT2D eigenvalue weighted by Gasteiger charge is -2.24. The van der Waals surface area contributed by atoms with Crippen molar-refractivity contribution in [1.29, 1.82) is 0 Å². The monoisotopic (exact) mass is 243 g/mol. The van der Waals surface area contributed by atoms with Crippen LogP contribution in [0.25, 0.3) is 10.9 Å². The maximum absolute atomic E-state index is 12.3. The number of aromatic nitrogens is 2. The molecule has 1 aromatic heterocycles. The molecule has 0 amide bonds. The third kappa shape index (κ3) is 1.51. The lowest BCUT2D eigenvalue weighted by atomic mass is 10.1. The highest BCUT2D eigenvalue weighted by molar-refractivity contribution is 5.77. The molecule has 0 aliphatic carbocycles. The number of hydrogen-bond acceptors (Lipinski definition) is 4. The minimum absolute atomic E-state index is 0.152. The van der Waals surface area contributed by atoms with Gasteiger partial charge in [-0.05, 0) is 18.1 Å². The van der Waals surface area contributed by atoms with Gasteiger partial charge in [0, 0.05) is 0 Å². The van der Waals surface area contributed by atoms with E-state index in [0.29, 0.717) is 16.7 Å². The predicted octanol–water partition coefficient (Wildman–Crippen LogP) is 1.92. The van der Waals surface area contributed by atoms with Crippen LogP contribution in [0.5, 0.6) is 0 Å². The molecular formula is C13H13N3O2. The van der Waals surface area contributed by atoms with E-state index >= 15 is 0 Å². The summed E-state index contributed by atoms with van der Waals surface area (Å²) in [6, 6.07) is 7.27. The quantitative estimate of drug-likeness (QED) is 0.768. The molecule has 0 radical (unpaired) electrons. The largest absolute Gasteiger partial charge is 0.470 e. The Kier molecular flexibility index (Phi) is 2.40. The number of fused-ring (bicyclic) bond motifs is 2. The molecule has 1 aromatic carbocycles. The smallest absolute Gasteiger partial charge is 0.282 e. The van der Waals surface area contributed by atoms with Crippen molar-refractivity contribution in [2.45, 2.75) is 20.0 Å². The first-order chi connectivity index (χ1) is 8.68. The first kappa shape index (κ1) is 11.0. The molecule has 0 bridgehead atoms. The molecule has 1 atom stereocenters. The van der Waals surface area contributed by atoms with E-state index in [2.05, 4.69) is 10.1 Å². The summed E-state index contributed by atoms with van der Waals surface area (Å²) in [5, 5.41) is 4.54. The summed E-state index contributed by atoms with van der Waals surface area (Å²) in [5.41, 5.74) is 0.529. The molecule has 0 spiro atoms. The molecule has 18 heavy (non-hydrogen) atoms. The standard InChI is InChI=1S/C13H13N3O2/c1-8(2)11-12-15-10-6-4-3-5-9(10)13(17)16(12)14-7-18-11/h3-8,11H,1-2H3/t11-/m0/s1. The van der Waals surface area contributed by atoms with Crippen LogP contribution in [0.1, 0.15) is 25.8 Å². The highest BCUT2D eigenvalue weighted by Gasteiger charge is 2.26. The van der Waals surface area contributed by atoms with E-state index in [-0.39, 0.29) is 17.6 Å². The number of benzene rings is 1. The molecule has 5 nitrogen and oxygen atoms in total. The second kappa shape index (κ2) is 3.94. The van der Waals surface area contributed by atoms with Gasteiger partial charge in [-0.25, -0.2) is 4.98 Å². The minimum atomic E-state index is -0.236. The average molecular weight is 243 g/mol. The van der Waals surface area contributed by atoms with Crippen molar-refractivity contribution in [3.63, 3.8) is 0 Å². The molecule has 0 N–H and O–H groups in total. The zero-order chi connectivity index (χ0) is 12.7. The molecule has 92 valence electrons. The van der Waals surface area contributed by atoms with Crippen LogP contribution in [0.4, 0.5) is 0 Å². The average Bonchev–Trinajstić information content (AvgIpc) is 2.38. The topological polar surface area (TPSA) is 56.5 Å².